The molecule has 0 saturated heterocycles. The van der Waals surface area contributed by atoms with Gasteiger partial charge in [0.05, 0.1) is 11.8 Å². The number of para-hydroxylation sites is 1. The van der Waals surface area contributed by atoms with Crippen molar-refractivity contribution in [3.05, 3.63) is 93.2 Å². The van der Waals surface area contributed by atoms with Crippen LogP contribution in [-0.2, 0) is 6.42 Å². The van der Waals surface area contributed by atoms with E-state index in [1.54, 1.807) is 30.6 Å². The van der Waals surface area contributed by atoms with Crippen LogP contribution >= 0.6 is 15.9 Å². The van der Waals surface area contributed by atoms with Crippen LogP contribution < -0.4 is 5.43 Å². The normalized spacial score (nSPS) is 10.9. The molecule has 0 aliphatic heterocycles. The summed E-state index contributed by atoms with van der Waals surface area (Å²) in [5, 5.41) is 14.0. The molecule has 0 aliphatic rings. The number of hydrogen-bond donors (Lipinski definition) is 2. The van der Waals surface area contributed by atoms with Gasteiger partial charge in [0.2, 0.25) is 0 Å². The van der Waals surface area contributed by atoms with Crippen molar-refractivity contribution in [3.8, 4) is 5.75 Å². The molecule has 0 aliphatic carbocycles. The molecule has 136 valence electrons. The van der Waals surface area contributed by atoms with Gasteiger partial charge < -0.3 is 5.11 Å². The van der Waals surface area contributed by atoms with Crippen LogP contribution in [0.5, 0.6) is 5.75 Å². The maximum atomic E-state index is 12.1. The van der Waals surface area contributed by atoms with Gasteiger partial charge in [-0.15, -0.1) is 0 Å². The number of carbonyl (C=O) groups excluding carboxylic acids is 1. The summed E-state index contributed by atoms with van der Waals surface area (Å²) in [5.74, 6) is -0.0498. The fraction of sp³-hybridized carbons (Fsp3) is 0.0952. The smallest absolute Gasteiger partial charge is 0.272 e. The van der Waals surface area contributed by atoms with Crippen LogP contribution in [0.3, 0.4) is 0 Å². The van der Waals surface area contributed by atoms with Gasteiger partial charge in [0, 0.05) is 23.3 Å². The van der Waals surface area contributed by atoms with Crippen molar-refractivity contribution in [2.75, 3.05) is 0 Å². The SMILES string of the molecule is Cc1ccc(Cc2ccccc2O)cc1/C=N\NC(=O)c1cncc(Br)c1. The monoisotopic (exact) mass is 423 g/mol. The Hall–Kier alpha value is -2.99. The highest BCUT2D eigenvalue weighted by molar-refractivity contribution is 9.10. The molecule has 2 aromatic carbocycles. The summed E-state index contributed by atoms with van der Waals surface area (Å²) in [6, 6.07) is 15.0. The van der Waals surface area contributed by atoms with E-state index in [4.69, 9.17) is 0 Å². The van der Waals surface area contributed by atoms with Gasteiger partial charge in [0.1, 0.15) is 5.75 Å². The number of benzene rings is 2. The Morgan fingerprint density at radius 1 is 1.22 bits per heavy atom. The molecule has 0 fully saturated rings. The van der Waals surface area contributed by atoms with Crippen molar-refractivity contribution in [1.82, 2.24) is 10.4 Å². The lowest BCUT2D eigenvalue weighted by Crippen LogP contribution is -2.17. The molecule has 0 bridgehead atoms. The molecule has 3 aromatic rings. The maximum absolute atomic E-state index is 12.1. The molecule has 6 heteroatoms. The minimum absolute atomic E-state index is 0.281. The first-order valence-electron chi connectivity index (χ1n) is 8.33. The Kier molecular flexibility index (Phi) is 5.98. The summed E-state index contributed by atoms with van der Waals surface area (Å²) in [7, 11) is 0. The lowest BCUT2D eigenvalue weighted by Gasteiger charge is -2.07. The first kappa shape index (κ1) is 18.8. The third-order valence-corrected chi connectivity index (χ3v) is 4.50. The molecule has 0 saturated carbocycles. The number of phenols is 1. The van der Waals surface area contributed by atoms with E-state index in [-0.39, 0.29) is 11.7 Å². The van der Waals surface area contributed by atoms with Crippen LogP contribution in [0.1, 0.15) is 32.6 Å². The summed E-state index contributed by atoms with van der Waals surface area (Å²) in [4.78, 5) is 16.1. The van der Waals surface area contributed by atoms with Gasteiger partial charge in [-0.2, -0.15) is 5.10 Å². The highest BCUT2D eigenvalue weighted by Crippen LogP contribution is 2.21. The van der Waals surface area contributed by atoms with E-state index in [0.29, 0.717) is 12.0 Å². The van der Waals surface area contributed by atoms with E-state index < -0.39 is 0 Å². The summed E-state index contributed by atoms with van der Waals surface area (Å²) < 4.78 is 0.729. The number of carbonyl (C=O) groups is 1. The van der Waals surface area contributed by atoms with E-state index in [2.05, 4.69) is 31.4 Å². The minimum atomic E-state index is -0.330. The predicted molar refractivity (Wildman–Crippen MR) is 109 cm³/mol. The molecule has 27 heavy (non-hydrogen) atoms. The highest BCUT2D eigenvalue weighted by atomic mass is 79.9. The summed E-state index contributed by atoms with van der Waals surface area (Å²) >= 11 is 3.29. The average Bonchev–Trinajstić information content (AvgIpc) is 2.66. The lowest BCUT2D eigenvalue weighted by atomic mass is 10.00. The number of rotatable bonds is 5. The Labute approximate surface area is 165 Å². The van der Waals surface area contributed by atoms with E-state index in [1.165, 1.54) is 6.20 Å². The van der Waals surface area contributed by atoms with Crippen molar-refractivity contribution >= 4 is 28.1 Å². The molecule has 1 amide bonds. The maximum Gasteiger partial charge on any atom is 0.272 e. The zero-order valence-corrected chi connectivity index (χ0v) is 16.3. The average molecular weight is 424 g/mol. The Balaban J connectivity index is 1.72. The number of aryl methyl sites for hydroxylation is 1. The largest absolute Gasteiger partial charge is 0.508 e. The lowest BCUT2D eigenvalue weighted by molar-refractivity contribution is 0.0954. The molecule has 3 rings (SSSR count). The Morgan fingerprint density at radius 3 is 2.81 bits per heavy atom. The third-order valence-electron chi connectivity index (χ3n) is 4.07. The summed E-state index contributed by atoms with van der Waals surface area (Å²) in [6.07, 6.45) is 5.32. The number of pyridine rings is 1. The molecule has 2 N–H and O–H groups in total. The van der Waals surface area contributed by atoms with Crippen LogP contribution in [-0.4, -0.2) is 22.2 Å². The number of hydrazone groups is 1. The number of nitrogens with one attached hydrogen (secondary N) is 1. The van der Waals surface area contributed by atoms with E-state index in [9.17, 15) is 9.90 Å². The molecule has 1 aromatic heterocycles. The second-order valence-corrected chi connectivity index (χ2v) is 7.00. The van der Waals surface area contributed by atoms with Gasteiger partial charge >= 0.3 is 0 Å². The number of aromatic nitrogens is 1. The fourth-order valence-electron chi connectivity index (χ4n) is 2.58. The van der Waals surface area contributed by atoms with E-state index >= 15 is 0 Å². The molecule has 0 atom stereocenters. The minimum Gasteiger partial charge on any atom is -0.508 e. The van der Waals surface area contributed by atoms with E-state index in [1.807, 2.05) is 37.3 Å². The second kappa shape index (κ2) is 8.60. The van der Waals surface area contributed by atoms with Crippen molar-refractivity contribution in [1.29, 1.82) is 0 Å². The number of nitrogens with zero attached hydrogens (tertiary/aromatic N) is 2. The van der Waals surface area contributed by atoms with Crippen LogP contribution in [0, 0.1) is 6.92 Å². The highest BCUT2D eigenvalue weighted by Gasteiger charge is 2.06. The van der Waals surface area contributed by atoms with E-state index in [0.717, 1.165) is 26.7 Å². The van der Waals surface area contributed by atoms with Crippen molar-refractivity contribution in [3.63, 3.8) is 0 Å². The zero-order valence-electron chi connectivity index (χ0n) is 14.7. The van der Waals surface area contributed by atoms with Crippen molar-refractivity contribution < 1.29 is 9.90 Å². The molecule has 0 spiro atoms. The van der Waals surface area contributed by atoms with Crippen LogP contribution in [0.25, 0.3) is 0 Å². The van der Waals surface area contributed by atoms with Crippen LogP contribution in [0.2, 0.25) is 0 Å². The summed E-state index contributed by atoms with van der Waals surface area (Å²) in [6.45, 7) is 1.98. The number of hydrogen-bond acceptors (Lipinski definition) is 4. The molecule has 1 heterocycles. The van der Waals surface area contributed by atoms with Gasteiger partial charge in [-0.1, -0.05) is 30.3 Å². The van der Waals surface area contributed by atoms with Gasteiger partial charge in [-0.25, -0.2) is 5.43 Å². The predicted octanol–water partition coefficient (Wildman–Crippen LogP) is 4.21. The first-order valence-corrected chi connectivity index (χ1v) is 9.12. The summed E-state index contributed by atoms with van der Waals surface area (Å²) in [5.41, 5.74) is 6.78. The number of aromatic hydroxyl groups is 1. The number of phenolic OH excluding ortho intramolecular Hbond substituents is 1. The topological polar surface area (TPSA) is 74.6 Å². The van der Waals surface area contributed by atoms with Crippen LogP contribution in [0.4, 0.5) is 0 Å². The second-order valence-electron chi connectivity index (χ2n) is 6.09. The van der Waals surface area contributed by atoms with Gasteiger partial charge in [-0.05, 0) is 63.3 Å². The van der Waals surface area contributed by atoms with Gasteiger partial charge in [0.15, 0.2) is 0 Å². The first-order chi connectivity index (χ1) is 13.0. The number of halogens is 1. The number of amides is 1. The third kappa shape index (κ3) is 5.01. The zero-order chi connectivity index (χ0) is 19.2. The Morgan fingerprint density at radius 2 is 2.04 bits per heavy atom. The molecular formula is C21H18BrN3O2. The van der Waals surface area contributed by atoms with Crippen molar-refractivity contribution in [2.24, 2.45) is 5.10 Å². The fourth-order valence-corrected chi connectivity index (χ4v) is 2.95. The molecular weight excluding hydrogens is 406 g/mol. The van der Waals surface area contributed by atoms with Crippen molar-refractivity contribution in [2.45, 2.75) is 13.3 Å². The van der Waals surface area contributed by atoms with Gasteiger partial charge in [0.25, 0.3) is 5.91 Å². The standard InChI is InChI=1S/C21H18BrN3O2/c1-14-6-7-15(8-16-4-2-3-5-20(16)26)9-17(14)12-24-25-21(27)18-10-19(22)13-23-11-18/h2-7,9-13,26H,8H2,1H3,(H,25,27)/b24-12-. The molecule has 0 radical (unpaired) electrons. The molecule has 5 nitrogen and oxygen atoms in total. The van der Waals surface area contributed by atoms with Gasteiger partial charge in [-0.3, -0.25) is 9.78 Å². The quantitative estimate of drug-likeness (QED) is 0.476. The molecule has 0 unspecified atom stereocenters. The Bertz CT molecular complexity index is 1000. The van der Waals surface area contributed by atoms with Crippen LogP contribution in [0.15, 0.2) is 70.5 Å².